The summed E-state index contributed by atoms with van der Waals surface area (Å²) in [5.41, 5.74) is 2.59. The van der Waals surface area contributed by atoms with Crippen molar-refractivity contribution in [3.63, 3.8) is 0 Å². The molecule has 1 saturated heterocycles. The first-order valence-electron chi connectivity index (χ1n) is 8.92. The van der Waals surface area contributed by atoms with Gasteiger partial charge in [0, 0.05) is 5.56 Å². The van der Waals surface area contributed by atoms with E-state index in [4.69, 9.17) is 16.6 Å². The van der Waals surface area contributed by atoms with Crippen LogP contribution in [0.5, 0.6) is 0 Å². The lowest BCUT2D eigenvalue weighted by Gasteiger charge is -2.14. The Labute approximate surface area is 159 Å². The largest absolute Gasteiger partial charge is 0.413 e. The first-order chi connectivity index (χ1) is 12.2. The topological polar surface area (TPSA) is 69.5 Å². The van der Waals surface area contributed by atoms with Crippen molar-refractivity contribution in [3.05, 3.63) is 46.1 Å². The first kappa shape index (κ1) is 19.3. The van der Waals surface area contributed by atoms with E-state index < -0.39 is 9.84 Å². The minimum Gasteiger partial charge on any atom is -0.413 e. The van der Waals surface area contributed by atoms with Crippen LogP contribution in [0.2, 0.25) is 0 Å². The molecule has 1 aromatic carbocycles. The maximum absolute atomic E-state index is 11.6. The van der Waals surface area contributed by atoms with E-state index in [9.17, 15) is 8.42 Å². The molecule has 1 aliphatic heterocycles. The Morgan fingerprint density at radius 2 is 2.04 bits per heavy atom. The van der Waals surface area contributed by atoms with Gasteiger partial charge in [-0.25, -0.2) is 8.42 Å². The van der Waals surface area contributed by atoms with E-state index in [0.29, 0.717) is 29.7 Å². The van der Waals surface area contributed by atoms with Crippen LogP contribution in [-0.4, -0.2) is 36.8 Å². The van der Waals surface area contributed by atoms with Crippen molar-refractivity contribution in [2.24, 2.45) is 0 Å². The Balaban J connectivity index is 1.64. The molecule has 0 saturated carbocycles. The number of nitrogens with one attached hydrogen (secondary N) is 1. The van der Waals surface area contributed by atoms with Crippen LogP contribution in [0.15, 0.2) is 28.7 Å². The van der Waals surface area contributed by atoms with Gasteiger partial charge in [0.2, 0.25) is 5.89 Å². The van der Waals surface area contributed by atoms with Crippen molar-refractivity contribution in [2.75, 3.05) is 18.6 Å². The Bertz CT molecular complexity index is 914. The summed E-state index contributed by atoms with van der Waals surface area (Å²) in [5.74, 6) is 1.11. The normalized spacial score (nSPS) is 20.5. The standard InChI is InChI=1S/C18H25N3O3S2/c1-13(2)15-6-4-14(5-7-15)10-20(3)12-21-18(25)24-17(19-21)16-8-9-26(22,23)11-16/h4-7,13,16H,8-12H2,1-3H3/p+1/t16-/m0/s1. The molecular weight excluding hydrogens is 370 g/mol. The summed E-state index contributed by atoms with van der Waals surface area (Å²) in [5, 5.41) is 4.44. The number of hydrogen-bond donors (Lipinski definition) is 1. The molecule has 2 heterocycles. The predicted octanol–water partition coefficient (Wildman–Crippen LogP) is 1.90. The van der Waals surface area contributed by atoms with E-state index in [-0.39, 0.29) is 17.4 Å². The molecule has 1 fully saturated rings. The lowest BCUT2D eigenvalue weighted by atomic mass is 10.0. The summed E-state index contributed by atoms with van der Waals surface area (Å²) in [7, 11) is -0.893. The van der Waals surface area contributed by atoms with Crippen molar-refractivity contribution in [1.29, 1.82) is 0 Å². The molecule has 1 unspecified atom stereocenters. The van der Waals surface area contributed by atoms with Crippen LogP contribution in [0.1, 0.15) is 49.1 Å². The van der Waals surface area contributed by atoms with Gasteiger partial charge in [-0.2, -0.15) is 4.68 Å². The van der Waals surface area contributed by atoms with Gasteiger partial charge in [-0.05, 0) is 30.1 Å². The summed E-state index contributed by atoms with van der Waals surface area (Å²) in [4.78, 5) is 1.52. The van der Waals surface area contributed by atoms with Gasteiger partial charge in [0.25, 0.3) is 4.84 Å². The lowest BCUT2D eigenvalue weighted by molar-refractivity contribution is -0.917. The fourth-order valence-corrected chi connectivity index (χ4v) is 5.18. The van der Waals surface area contributed by atoms with Crippen LogP contribution in [0, 0.1) is 4.84 Å². The van der Waals surface area contributed by atoms with Gasteiger partial charge in [-0.15, -0.1) is 5.10 Å². The number of rotatable bonds is 6. The quantitative estimate of drug-likeness (QED) is 0.756. The fraction of sp³-hybridized carbons (Fsp3) is 0.556. The predicted molar refractivity (Wildman–Crippen MR) is 102 cm³/mol. The molecule has 0 radical (unpaired) electrons. The minimum atomic E-state index is -2.97. The smallest absolute Gasteiger partial charge is 0.291 e. The van der Waals surface area contributed by atoms with E-state index in [1.54, 1.807) is 4.68 Å². The molecule has 8 heteroatoms. The van der Waals surface area contributed by atoms with Crippen molar-refractivity contribution >= 4 is 22.1 Å². The van der Waals surface area contributed by atoms with E-state index in [1.165, 1.54) is 16.0 Å². The van der Waals surface area contributed by atoms with Gasteiger partial charge in [0.1, 0.15) is 6.54 Å². The highest BCUT2D eigenvalue weighted by Crippen LogP contribution is 2.27. The zero-order valence-electron chi connectivity index (χ0n) is 15.4. The summed E-state index contributed by atoms with van der Waals surface area (Å²) in [6.45, 7) is 5.80. The molecular formula is C18H26N3O3S2+. The molecule has 26 heavy (non-hydrogen) atoms. The van der Waals surface area contributed by atoms with Crippen LogP contribution in [-0.2, 0) is 23.1 Å². The van der Waals surface area contributed by atoms with E-state index in [1.807, 2.05) is 0 Å². The number of quaternary nitrogens is 1. The highest BCUT2D eigenvalue weighted by molar-refractivity contribution is 7.91. The summed E-state index contributed by atoms with van der Waals surface area (Å²) >= 11 is 5.27. The molecule has 2 aromatic rings. The van der Waals surface area contributed by atoms with Crippen LogP contribution in [0.3, 0.4) is 0 Å². The van der Waals surface area contributed by atoms with Crippen LogP contribution >= 0.6 is 12.2 Å². The van der Waals surface area contributed by atoms with E-state index in [0.717, 1.165) is 6.54 Å². The third-order valence-electron chi connectivity index (χ3n) is 4.78. The number of nitrogens with zero attached hydrogens (tertiary/aromatic N) is 2. The Morgan fingerprint density at radius 1 is 1.35 bits per heavy atom. The fourth-order valence-electron chi connectivity index (χ4n) is 3.26. The molecule has 0 amide bonds. The van der Waals surface area contributed by atoms with Crippen molar-refractivity contribution in [2.45, 2.75) is 45.3 Å². The molecule has 6 nitrogen and oxygen atoms in total. The zero-order chi connectivity index (χ0) is 18.9. The summed E-state index contributed by atoms with van der Waals surface area (Å²) in [6.07, 6.45) is 0.558. The number of benzene rings is 1. The van der Waals surface area contributed by atoms with E-state index in [2.05, 4.69) is 50.3 Å². The van der Waals surface area contributed by atoms with Crippen molar-refractivity contribution < 1.29 is 17.7 Å². The second kappa shape index (κ2) is 7.62. The summed E-state index contributed by atoms with van der Waals surface area (Å²) < 4.78 is 30.5. The van der Waals surface area contributed by atoms with Crippen LogP contribution in [0.4, 0.5) is 0 Å². The molecule has 0 spiro atoms. The molecule has 0 bridgehead atoms. The second-order valence-electron chi connectivity index (χ2n) is 7.49. The lowest BCUT2D eigenvalue weighted by Crippen LogP contribution is -3.07. The second-order valence-corrected chi connectivity index (χ2v) is 10.1. The van der Waals surface area contributed by atoms with Crippen molar-refractivity contribution in [3.8, 4) is 0 Å². The maximum Gasteiger partial charge on any atom is 0.291 e. The van der Waals surface area contributed by atoms with Crippen LogP contribution in [0.25, 0.3) is 0 Å². The van der Waals surface area contributed by atoms with Gasteiger partial charge in [-0.3, -0.25) is 0 Å². The highest BCUT2D eigenvalue weighted by atomic mass is 32.2. The highest BCUT2D eigenvalue weighted by Gasteiger charge is 2.32. The number of sulfone groups is 1. The van der Waals surface area contributed by atoms with Gasteiger partial charge >= 0.3 is 0 Å². The molecule has 1 N–H and O–H groups in total. The maximum atomic E-state index is 11.6. The van der Waals surface area contributed by atoms with Crippen LogP contribution < -0.4 is 4.90 Å². The van der Waals surface area contributed by atoms with Gasteiger partial charge < -0.3 is 9.32 Å². The number of hydrogen-bond acceptors (Lipinski definition) is 5. The average Bonchev–Trinajstić information content (AvgIpc) is 3.10. The molecule has 142 valence electrons. The van der Waals surface area contributed by atoms with E-state index >= 15 is 0 Å². The third-order valence-corrected chi connectivity index (χ3v) is 6.84. The molecule has 1 aromatic heterocycles. The molecule has 1 aliphatic rings. The van der Waals surface area contributed by atoms with Gasteiger partial charge in [-0.1, -0.05) is 38.1 Å². The minimum absolute atomic E-state index is 0.104. The monoisotopic (exact) mass is 396 g/mol. The summed E-state index contributed by atoms with van der Waals surface area (Å²) in [6, 6.07) is 8.67. The first-order valence-corrected chi connectivity index (χ1v) is 11.1. The van der Waals surface area contributed by atoms with Crippen molar-refractivity contribution in [1.82, 2.24) is 9.78 Å². The molecule has 3 rings (SSSR count). The SMILES string of the molecule is CC(C)c1ccc(C[NH+](C)Cn2nc([C@H]3CCS(=O)(=O)C3)oc2=S)cc1. The van der Waals surface area contributed by atoms with Gasteiger partial charge in [0.15, 0.2) is 16.5 Å². The van der Waals surface area contributed by atoms with Gasteiger partial charge in [0.05, 0.1) is 24.5 Å². The number of aromatic nitrogens is 2. The Morgan fingerprint density at radius 3 is 2.62 bits per heavy atom. The third kappa shape index (κ3) is 4.61. The zero-order valence-corrected chi connectivity index (χ0v) is 17.1. The average molecular weight is 397 g/mol. The Kier molecular flexibility index (Phi) is 5.64. The molecule has 0 aliphatic carbocycles. The molecule has 2 atom stereocenters. The Hall–Kier alpha value is -1.51.